The molecule has 2 N–H and O–H groups in total. The number of carbonyl (C=O) groups excluding carboxylic acids is 1. The fourth-order valence-electron chi connectivity index (χ4n) is 1.62. The first-order chi connectivity index (χ1) is 7.68. The zero-order valence-electron chi connectivity index (χ0n) is 9.05. The zero-order valence-corrected chi connectivity index (χ0v) is 9.05. The molecule has 1 heterocycles. The predicted octanol–water partition coefficient (Wildman–Crippen LogP) is 1.34. The van der Waals surface area contributed by atoms with Gasteiger partial charge in [0.2, 0.25) is 0 Å². The maximum Gasteiger partial charge on any atom is 0.269 e. The third kappa shape index (κ3) is 1.95. The number of aromatic nitrogens is 2. The van der Waals surface area contributed by atoms with E-state index in [9.17, 15) is 4.79 Å². The molecule has 0 saturated heterocycles. The molecular formula is C12H13N3O. The Morgan fingerprint density at radius 1 is 1.38 bits per heavy atom. The van der Waals surface area contributed by atoms with E-state index in [1.807, 2.05) is 41.8 Å². The van der Waals surface area contributed by atoms with Crippen LogP contribution < -0.4 is 5.73 Å². The summed E-state index contributed by atoms with van der Waals surface area (Å²) in [5, 5.41) is 0. The molecule has 0 spiro atoms. The number of rotatable bonds is 3. The van der Waals surface area contributed by atoms with Crippen LogP contribution in [0.3, 0.4) is 0 Å². The number of imidazole rings is 1. The van der Waals surface area contributed by atoms with E-state index in [0.29, 0.717) is 12.2 Å². The molecule has 2 rings (SSSR count). The molecule has 16 heavy (non-hydrogen) atoms. The summed E-state index contributed by atoms with van der Waals surface area (Å²) in [5.41, 5.74) is 7.52. The first kappa shape index (κ1) is 10.4. The van der Waals surface area contributed by atoms with E-state index in [4.69, 9.17) is 5.73 Å². The van der Waals surface area contributed by atoms with Crippen molar-refractivity contribution in [3.05, 3.63) is 53.6 Å². The smallest absolute Gasteiger partial charge is 0.269 e. The normalized spacial score (nSPS) is 10.3. The molecule has 82 valence electrons. The number of hydrogen-bond donors (Lipinski definition) is 1. The molecule has 0 aliphatic carbocycles. The lowest BCUT2D eigenvalue weighted by Crippen LogP contribution is -2.13. The third-order valence-corrected chi connectivity index (χ3v) is 2.53. The zero-order chi connectivity index (χ0) is 11.5. The van der Waals surface area contributed by atoms with Crippen LogP contribution in [0.15, 0.2) is 36.7 Å². The van der Waals surface area contributed by atoms with Crippen LogP contribution in [0.1, 0.15) is 21.7 Å². The number of primary amides is 1. The average molecular weight is 215 g/mol. The lowest BCUT2D eigenvalue weighted by Gasteiger charge is -2.05. The Morgan fingerprint density at radius 3 is 2.62 bits per heavy atom. The van der Waals surface area contributed by atoms with Crippen molar-refractivity contribution in [2.24, 2.45) is 5.73 Å². The van der Waals surface area contributed by atoms with Crippen LogP contribution in [0.4, 0.5) is 0 Å². The van der Waals surface area contributed by atoms with Gasteiger partial charge in [-0.2, -0.15) is 0 Å². The van der Waals surface area contributed by atoms with Gasteiger partial charge in [0.15, 0.2) is 0 Å². The molecule has 1 aromatic heterocycles. The monoisotopic (exact) mass is 215 g/mol. The molecule has 4 nitrogen and oxygen atoms in total. The van der Waals surface area contributed by atoms with Crippen molar-refractivity contribution in [3.63, 3.8) is 0 Å². The van der Waals surface area contributed by atoms with Crippen LogP contribution in [-0.2, 0) is 6.54 Å². The maximum absolute atomic E-state index is 11.0. The highest BCUT2D eigenvalue weighted by Gasteiger charge is 2.11. The van der Waals surface area contributed by atoms with Crippen LogP contribution in [-0.4, -0.2) is 15.5 Å². The van der Waals surface area contributed by atoms with Gasteiger partial charge in [-0.3, -0.25) is 4.79 Å². The molecule has 0 bridgehead atoms. The van der Waals surface area contributed by atoms with Crippen LogP contribution >= 0.6 is 0 Å². The van der Waals surface area contributed by atoms with Crippen molar-refractivity contribution in [3.8, 4) is 0 Å². The van der Waals surface area contributed by atoms with Crippen molar-refractivity contribution in [1.82, 2.24) is 9.55 Å². The summed E-state index contributed by atoms with van der Waals surface area (Å²) in [7, 11) is 0. The number of carbonyl (C=O) groups is 1. The fraction of sp³-hybridized carbons (Fsp3) is 0.167. The van der Waals surface area contributed by atoms with Crippen molar-refractivity contribution in [2.75, 3.05) is 0 Å². The second-order valence-corrected chi connectivity index (χ2v) is 3.66. The van der Waals surface area contributed by atoms with Crippen molar-refractivity contribution < 1.29 is 4.79 Å². The highest BCUT2D eigenvalue weighted by Crippen LogP contribution is 2.09. The molecule has 0 fully saturated rings. The molecule has 0 radical (unpaired) electrons. The molecule has 0 aliphatic heterocycles. The molecule has 4 heteroatoms. The van der Waals surface area contributed by atoms with E-state index < -0.39 is 5.91 Å². The first-order valence-electron chi connectivity index (χ1n) is 5.04. The van der Waals surface area contributed by atoms with Gasteiger partial charge >= 0.3 is 0 Å². The largest absolute Gasteiger partial charge is 0.364 e. The summed E-state index contributed by atoms with van der Waals surface area (Å²) < 4.78 is 1.91. The lowest BCUT2D eigenvalue weighted by molar-refractivity contribution is 0.0995. The summed E-state index contributed by atoms with van der Waals surface area (Å²) in [6.45, 7) is 2.54. The molecule has 0 saturated carbocycles. The molecule has 0 aliphatic rings. The van der Waals surface area contributed by atoms with Gasteiger partial charge in [-0.15, -0.1) is 0 Å². The molecular weight excluding hydrogens is 202 g/mol. The SMILES string of the molecule is Cc1c(C(N)=O)ncn1Cc1ccccc1. The average Bonchev–Trinajstić information content (AvgIpc) is 2.62. The number of amides is 1. The molecule has 1 amide bonds. The van der Waals surface area contributed by atoms with Crippen LogP contribution in [0, 0.1) is 6.92 Å². The standard InChI is InChI=1S/C12H13N3O/c1-9-11(12(13)16)14-8-15(9)7-10-5-3-2-4-6-10/h2-6,8H,7H2,1H3,(H2,13,16). The van der Waals surface area contributed by atoms with Gasteiger partial charge in [-0.25, -0.2) is 4.98 Å². The van der Waals surface area contributed by atoms with Gasteiger partial charge in [0.25, 0.3) is 5.91 Å². The minimum absolute atomic E-state index is 0.343. The maximum atomic E-state index is 11.0. The Balaban J connectivity index is 2.26. The summed E-state index contributed by atoms with van der Waals surface area (Å²) in [5.74, 6) is -0.482. The van der Waals surface area contributed by atoms with Gasteiger partial charge in [0.05, 0.1) is 6.33 Å². The second-order valence-electron chi connectivity index (χ2n) is 3.66. The van der Waals surface area contributed by atoms with Gasteiger partial charge in [0.1, 0.15) is 5.69 Å². The Labute approximate surface area is 93.7 Å². The molecule has 0 atom stereocenters. The molecule has 2 aromatic rings. The van der Waals surface area contributed by atoms with Gasteiger partial charge in [0, 0.05) is 12.2 Å². The highest BCUT2D eigenvalue weighted by molar-refractivity contribution is 5.91. The second kappa shape index (κ2) is 4.18. The topological polar surface area (TPSA) is 60.9 Å². The lowest BCUT2D eigenvalue weighted by atomic mass is 10.2. The minimum atomic E-state index is -0.482. The fourth-order valence-corrected chi connectivity index (χ4v) is 1.62. The van der Waals surface area contributed by atoms with Crippen molar-refractivity contribution in [1.29, 1.82) is 0 Å². The van der Waals surface area contributed by atoms with Gasteiger partial charge < -0.3 is 10.3 Å². The summed E-state index contributed by atoms with van der Waals surface area (Å²) in [4.78, 5) is 15.0. The predicted molar refractivity (Wildman–Crippen MR) is 61.0 cm³/mol. The van der Waals surface area contributed by atoms with Crippen LogP contribution in [0.25, 0.3) is 0 Å². The van der Waals surface area contributed by atoms with E-state index >= 15 is 0 Å². The molecule has 0 unspecified atom stereocenters. The molecule has 1 aromatic carbocycles. The minimum Gasteiger partial charge on any atom is -0.364 e. The third-order valence-electron chi connectivity index (χ3n) is 2.53. The number of hydrogen-bond acceptors (Lipinski definition) is 2. The summed E-state index contributed by atoms with van der Waals surface area (Å²) >= 11 is 0. The highest BCUT2D eigenvalue weighted by atomic mass is 16.1. The quantitative estimate of drug-likeness (QED) is 0.839. The Bertz CT molecular complexity index is 502. The number of benzene rings is 1. The number of nitrogens with two attached hydrogens (primary N) is 1. The Kier molecular flexibility index (Phi) is 2.72. The Morgan fingerprint density at radius 2 is 2.06 bits per heavy atom. The number of nitrogens with zero attached hydrogens (tertiary/aromatic N) is 2. The first-order valence-corrected chi connectivity index (χ1v) is 5.04. The van der Waals surface area contributed by atoms with Gasteiger partial charge in [-0.05, 0) is 12.5 Å². The van der Waals surface area contributed by atoms with Crippen LogP contribution in [0.2, 0.25) is 0 Å². The van der Waals surface area contributed by atoms with E-state index in [0.717, 1.165) is 5.69 Å². The van der Waals surface area contributed by atoms with Crippen molar-refractivity contribution >= 4 is 5.91 Å². The summed E-state index contributed by atoms with van der Waals surface area (Å²) in [6.07, 6.45) is 1.64. The van der Waals surface area contributed by atoms with E-state index in [1.165, 1.54) is 5.56 Å². The van der Waals surface area contributed by atoms with Crippen LogP contribution in [0.5, 0.6) is 0 Å². The van der Waals surface area contributed by atoms with Crippen molar-refractivity contribution in [2.45, 2.75) is 13.5 Å². The van der Waals surface area contributed by atoms with E-state index in [2.05, 4.69) is 4.98 Å². The van der Waals surface area contributed by atoms with E-state index in [1.54, 1.807) is 6.33 Å². The Hall–Kier alpha value is -2.10. The van der Waals surface area contributed by atoms with Gasteiger partial charge in [-0.1, -0.05) is 30.3 Å². The van der Waals surface area contributed by atoms with E-state index in [-0.39, 0.29) is 0 Å². The summed E-state index contributed by atoms with van der Waals surface area (Å²) in [6, 6.07) is 10.00.